The topological polar surface area (TPSA) is 74.2 Å². The maximum Gasteiger partial charge on any atom is 0.270 e. The van der Waals surface area contributed by atoms with Gasteiger partial charge in [-0.25, -0.2) is 4.39 Å². The summed E-state index contributed by atoms with van der Waals surface area (Å²) in [6, 6.07) is 6.69. The highest BCUT2D eigenvalue weighted by Gasteiger charge is 2.25. The van der Waals surface area contributed by atoms with Gasteiger partial charge in [0.1, 0.15) is 11.5 Å². The molecule has 0 radical (unpaired) electrons. The average Bonchev–Trinajstić information content (AvgIpc) is 3.10. The third kappa shape index (κ3) is 2.68. The number of H-pyrrole nitrogens is 1. The summed E-state index contributed by atoms with van der Waals surface area (Å²) in [5, 5.41) is 14.9. The zero-order valence-corrected chi connectivity index (χ0v) is 14.8. The monoisotopic (exact) mass is 356 g/mol. The summed E-state index contributed by atoms with van der Waals surface area (Å²) in [5.74, 6) is -0.508. The number of para-hydroxylation sites is 1. The molecule has 2 aromatic heterocycles. The van der Waals surface area contributed by atoms with Crippen LogP contribution in [0, 0.1) is 12.7 Å². The Morgan fingerprint density at radius 1 is 1.38 bits per heavy atom. The molecule has 1 atom stereocenters. The van der Waals surface area contributed by atoms with Crippen LogP contribution in [0.4, 0.5) is 4.39 Å². The van der Waals surface area contributed by atoms with Gasteiger partial charge in [-0.3, -0.25) is 9.48 Å². The lowest BCUT2D eigenvalue weighted by Crippen LogP contribution is -2.31. The second-order valence-corrected chi connectivity index (χ2v) is 6.83. The van der Waals surface area contributed by atoms with Crippen molar-refractivity contribution in [2.24, 2.45) is 0 Å². The predicted octanol–water partition coefficient (Wildman–Crippen LogP) is 2.91. The summed E-state index contributed by atoms with van der Waals surface area (Å²) in [6.45, 7) is 5.22. The largest absolute Gasteiger partial charge is 0.387 e. The average molecular weight is 356 g/mol. The smallest absolute Gasteiger partial charge is 0.270 e. The van der Waals surface area contributed by atoms with E-state index in [9.17, 15) is 14.3 Å². The number of hydrogen-bond acceptors (Lipinski definition) is 3. The van der Waals surface area contributed by atoms with E-state index in [1.54, 1.807) is 17.9 Å². The van der Waals surface area contributed by atoms with Crippen LogP contribution in [0.3, 0.4) is 0 Å². The number of aliphatic hydroxyl groups excluding tert-OH is 1. The number of hydrogen-bond donors (Lipinski definition) is 2. The fourth-order valence-electron chi connectivity index (χ4n) is 3.55. The van der Waals surface area contributed by atoms with Crippen molar-refractivity contribution in [3.05, 3.63) is 52.7 Å². The number of nitrogens with one attached hydrogen (secondary N) is 1. The van der Waals surface area contributed by atoms with Crippen molar-refractivity contribution in [3.63, 3.8) is 0 Å². The number of amides is 1. The molecule has 3 aromatic rings. The molecule has 1 aromatic carbocycles. The maximum atomic E-state index is 14.0. The van der Waals surface area contributed by atoms with Crippen LogP contribution in [0.25, 0.3) is 10.9 Å². The number of benzene rings is 1. The van der Waals surface area contributed by atoms with Gasteiger partial charge in [0.2, 0.25) is 0 Å². The van der Waals surface area contributed by atoms with Crippen LogP contribution in [-0.4, -0.2) is 37.2 Å². The van der Waals surface area contributed by atoms with Gasteiger partial charge in [0.25, 0.3) is 5.91 Å². The summed E-state index contributed by atoms with van der Waals surface area (Å²) in [5.41, 5.74) is 3.05. The summed E-state index contributed by atoms with van der Waals surface area (Å²) in [6.07, 6.45) is 0.130. The highest BCUT2D eigenvalue weighted by Crippen LogP contribution is 2.26. The van der Waals surface area contributed by atoms with E-state index in [0.29, 0.717) is 36.5 Å². The minimum Gasteiger partial charge on any atom is -0.387 e. The number of aliphatic hydroxyl groups is 1. The normalized spacial score (nSPS) is 15.8. The van der Waals surface area contributed by atoms with Gasteiger partial charge in [-0.2, -0.15) is 5.10 Å². The second-order valence-electron chi connectivity index (χ2n) is 6.83. The molecule has 2 N–H and O–H groups in total. The Labute approximate surface area is 150 Å². The van der Waals surface area contributed by atoms with Crippen LogP contribution in [0.15, 0.2) is 24.3 Å². The summed E-state index contributed by atoms with van der Waals surface area (Å²) < 4.78 is 15.9. The first-order valence-corrected chi connectivity index (χ1v) is 8.76. The lowest BCUT2D eigenvalue weighted by molar-refractivity contribution is 0.0740. The molecule has 0 spiro atoms. The molecule has 6 nitrogen and oxygen atoms in total. The Hall–Kier alpha value is -2.67. The molecule has 0 saturated carbocycles. The number of aromatic nitrogens is 3. The number of carbonyl (C=O) groups excluding carboxylic acids is 1. The van der Waals surface area contributed by atoms with E-state index in [0.717, 1.165) is 23.1 Å². The number of aryl methyl sites for hydroxylation is 2. The molecule has 1 aliphatic heterocycles. The van der Waals surface area contributed by atoms with E-state index < -0.39 is 6.10 Å². The standard InChI is InChI=1S/C19H21FN4O2/c1-11-14-5-3-6-15(20)18(14)21-17(11)19(26)23-7-4-8-24-13(10-23)9-16(22-24)12(2)25/h3,5-6,9,12,21,25H,4,7-8,10H2,1-2H3/t12-/m0/s1. The van der Waals surface area contributed by atoms with Crippen molar-refractivity contribution in [2.75, 3.05) is 6.54 Å². The van der Waals surface area contributed by atoms with Gasteiger partial charge in [0, 0.05) is 18.5 Å². The fraction of sp³-hybridized carbons (Fsp3) is 0.368. The van der Waals surface area contributed by atoms with E-state index in [2.05, 4.69) is 10.1 Å². The number of rotatable bonds is 2. The van der Waals surface area contributed by atoms with Crippen molar-refractivity contribution in [3.8, 4) is 0 Å². The molecule has 0 fully saturated rings. The first kappa shape index (κ1) is 16.8. The Kier molecular flexibility index (Phi) is 4.03. The van der Waals surface area contributed by atoms with Crippen molar-refractivity contribution in [2.45, 2.75) is 39.5 Å². The molecule has 0 bridgehead atoms. The lowest BCUT2D eigenvalue weighted by Gasteiger charge is -2.19. The van der Waals surface area contributed by atoms with E-state index in [4.69, 9.17) is 0 Å². The van der Waals surface area contributed by atoms with Crippen LogP contribution in [0.1, 0.15) is 46.9 Å². The molecule has 1 amide bonds. The number of halogens is 1. The Morgan fingerprint density at radius 3 is 2.92 bits per heavy atom. The third-order valence-electron chi connectivity index (χ3n) is 5.00. The minimum absolute atomic E-state index is 0.147. The van der Waals surface area contributed by atoms with Gasteiger partial charge in [-0.05, 0) is 38.0 Å². The molecule has 26 heavy (non-hydrogen) atoms. The molecule has 0 aliphatic carbocycles. The molecule has 0 saturated heterocycles. The van der Waals surface area contributed by atoms with E-state index in [1.807, 2.05) is 23.7 Å². The molecular weight excluding hydrogens is 335 g/mol. The van der Waals surface area contributed by atoms with Crippen molar-refractivity contribution < 1.29 is 14.3 Å². The Balaban J connectivity index is 1.68. The van der Waals surface area contributed by atoms with Crippen LogP contribution in [-0.2, 0) is 13.1 Å². The molecule has 136 valence electrons. The molecule has 7 heteroatoms. The zero-order chi connectivity index (χ0) is 18.4. The third-order valence-corrected chi connectivity index (χ3v) is 5.00. The van der Waals surface area contributed by atoms with Gasteiger partial charge < -0.3 is 15.0 Å². The SMILES string of the molecule is Cc1c(C(=O)N2CCCn3nc([C@H](C)O)cc3C2)[nH]c2c(F)cccc12. The molecule has 0 unspecified atom stereocenters. The van der Waals surface area contributed by atoms with Crippen LogP contribution in [0.2, 0.25) is 0 Å². The van der Waals surface area contributed by atoms with Crippen molar-refractivity contribution >= 4 is 16.8 Å². The molecule has 4 rings (SSSR count). The number of nitrogens with zero attached hydrogens (tertiary/aromatic N) is 3. The number of fused-ring (bicyclic) bond motifs is 2. The highest BCUT2D eigenvalue weighted by molar-refractivity contribution is 6.01. The summed E-state index contributed by atoms with van der Waals surface area (Å²) >= 11 is 0. The fourth-order valence-corrected chi connectivity index (χ4v) is 3.55. The lowest BCUT2D eigenvalue weighted by atomic mass is 10.1. The predicted molar refractivity (Wildman–Crippen MR) is 95.2 cm³/mol. The van der Waals surface area contributed by atoms with Crippen LogP contribution >= 0.6 is 0 Å². The quantitative estimate of drug-likeness (QED) is 0.741. The van der Waals surface area contributed by atoms with Crippen LogP contribution < -0.4 is 0 Å². The maximum absolute atomic E-state index is 14.0. The van der Waals surface area contributed by atoms with Crippen molar-refractivity contribution in [1.82, 2.24) is 19.7 Å². The summed E-state index contributed by atoms with van der Waals surface area (Å²) in [7, 11) is 0. The molecular formula is C19H21FN4O2. The second kappa shape index (κ2) is 6.25. The number of aromatic amines is 1. The van der Waals surface area contributed by atoms with Gasteiger partial charge in [-0.15, -0.1) is 0 Å². The highest BCUT2D eigenvalue weighted by atomic mass is 19.1. The van der Waals surface area contributed by atoms with Gasteiger partial charge in [0.05, 0.1) is 29.6 Å². The zero-order valence-electron chi connectivity index (χ0n) is 14.8. The van der Waals surface area contributed by atoms with E-state index >= 15 is 0 Å². The first-order chi connectivity index (χ1) is 12.5. The van der Waals surface area contributed by atoms with Gasteiger partial charge in [-0.1, -0.05) is 12.1 Å². The van der Waals surface area contributed by atoms with Crippen molar-refractivity contribution in [1.29, 1.82) is 0 Å². The van der Waals surface area contributed by atoms with E-state index in [1.165, 1.54) is 6.07 Å². The van der Waals surface area contributed by atoms with E-state index in [-0.39, 0.29) is 11.7 Å². The molecule has 3 heterocycles. The minimum atomic E-state index is -0.641. The Morgan fingerprint density at radius 2 is 2.19 bits per heavy atom. The Bertz CT molecular complexity index is 989. The molecule has 1 aliphatic rings. The van der Waals surface area contributed by atoms with Crippen LogP contribution in [0.5, 0.6) is 0 Å². The van der Waals surface area contributed by atoms with Gasteiger partial charge >= 0.3 is 0 Å². The first-order valence-electron chi connectivity index (χ1n) is 8.76. The van der Waals surface area contributed by atoms with Gasteiger partial charge in [0.15, 0.2) is 0 Å². The summed E-state index contributed by atoms with van der Waals surface area (Å²) in [4.78, 5) is 17.8. The number of carbonyl (C=O) groups is 1.